The summed E-state index contributed by atoms with van der Waals surface area (Å²) in [6.45, 7) is 0. The molecular formula is C10H9F3N4O. The minimum absolute atomic E-state index is 0.0722. The van der Waals surface area contributed by atoms with E-state index >= 15 is 0 Å². The highest BCUT2D eigenvalue weighted by atomic mass is 19.4. The Kier molecular flexibility index (Phi) is 2.85. The minimum atomic E-state index is -4.50. The zero-order chi connectivity index (χ0) is 13.3. The summed E-state index contributed by atoms with van der Waals surface area (Å²) in [4.78, 5) is 3.67. The summed E-state index contributed by atoms with van der Waals surface area (Å²) in [7, 11) is 1.47. The maximum absolute atomic E-state index is 12.7. The van der Waals surface area contributed by atoms with Gasteiger partial charge in [0.1, 0.15) is 5.75 Å². The quantitative estimate of drug-likeness (QED) is 0.896. The van der Waals surface area contributed by atoms with Gasteiger partial charge in [-0.15, -0.1) is 5.10 Å². The molecule has 0 bridgehead atoms. The fourth-order valence-corrected chi connectivity index (χ4v) is 1.37. The molecule has 0 saturated heterocycles. The van der Waals surface area contributed by atoms with Crippen LogP contribution in [0.15, 0.2) is 24.3 Å². The van der Waals surface area contributed by atoms with Crippen LogP contribution in [0.1, 0.15) is 5.56 Å². The Balaban J connectivity index is 2.38. The molecule has 1 heterocycles. The van der Waals surface area contributed by atoms with Crippen LogP contribution >= 0.6 is 0 Å². The highest BCUT2D eigenvalue weighted by Crippen LogP contribution is 2.37. The van der Waals surface area contributed by atoms with E-state index in [2.05, 4.69) is 10.1 Å². The minimum Gasteiger partial charge on any atom is -0.424 e. The third-order valence-electron chi connectivity index (χ3n) is 2.13. The van der Waals surface area contributed by atoms with Gasteiger partial charge in [-0.25, -0.2) is 4.68 Å². The van der Waals surface area contributed by atoms with Crippen LogP contribution in [0.4, 0.5) is 19.1 Å². The van der Waals surface area contributed by atoms with E-state index < -0.39 is 11.7 Å². The van der Waals surface area contributed by atoms with E-state index in [0.717, 1.165) is 10.7 Å². The summed E-state index contributed by atoms with van der Waals surface area (Å²) in [5.41, 5.74) is 4.43. The van der Waals surface area contributed by atoms with Crippen LogP contribution < -0.4 is 10.5 Å². The van der Waals surface area contributed by atoms with Gasteiger partial charge >= 0.3 is 12.2 Å². The Morgan fingerprint density at radius 1 is 1.28 bits per heavy atom. The Morgan fingerprint density at radius 3 is 2.50 bits per heavy atom. The largest absolute Gasteiger partial charge is 0.424 e. The average molecular weight is 258 g/mol. The van der Waals surface area contributed by atoms with Crippen molar-refractivity contribution in [2.75, 3.05) is 5.73 Å². The standard InChI is InChI=1S/C10H9F3N4O/c1-17-9(15-8(14)16-17)18-7-5-3-2-4-6(7)10(11,12)13/h2-5H,1H3,(H2,14,16). The molecule has 8 heteroatoms. The topological polar surface area (TPSA) is 66.0 Å². The molecular weight excluding hydrogens is 249 g/mol. The number of alkyl halides is 3. The Morgan fingerprint density at radius 2 is 1.94 bits per heavy atom. The Hall–Kier alpha value is -2.25. The van der Waals surface area contributed by atoms with Crippen molar-refractivity contribution >= 4 is 5.95 Å². The lowest BCUT2D eigenvalue weighted by Gasteiger charge is -2.12. The number of hydrogen-bond donors (Lipinski definition) is 1. The van der Waals surface area contributed by atoms with E-state index in [1.165, 1.54) is 25.2 Å². The number of para-hydroxylation sites is 1. The SMILES string of the molecule is Cn1nc(N)nc1Oc1ccccc1C(F)(F)F. The summed E-state index contributed by atoms with van der Waals surface area (Å²) < 4.78 is 44.4. The number of benzene rings is 1. The lowest BCUT2D eigenvalue weighted by Crippen LogP contribution is -2.07. The van der Waals surface area contributed by atoms with Crippen molar-refractivity contribution < 1.29 is 17.9 Å². The number of nitrogen functional groups attached to an aromatic ring is 1. The van der Waals surface area contributed by atoms with Gasteiger partial charge in [0.15, 0.2) is 0 Å². The maximum Gasteiger partial charge on any atom is 0.419 e. The number of nitrogens with two attached hydrogens (primary N) is 1. The van der Waals surface area contributed by atoms with Crippen LogP contribution in [0.3, 0.4) is 0 Å². The summed E-state index contributed by atoms with van der Waals surface area (Å²) in [6, 6.07) is 4.73. The van der Waals surface area contributed by atoms with E-state index in [1.807, 2.05) is 0 Å². The van der Waals surface area contributed by atoms with Crippen LogP contribution in [0.2, 0.25) is 0 Å². The van der Waals surface area contributed by atoms with Gasteiger partial charge < -0.3 is 10.5 Å². The number of anilines is 1. The predicted octanol–water partition coefficient (Wildman–Crippen LogP) is 2.21. The van der Waals surface area contributed by atoms with Gasteiger partial charge in [-0.1, -0.05) is 12.1 Å². The molecule has 0 unspecified atom stereocenters. The van der Waals surface area contributed by atoms with E-state index in [9.17, 15) is 13.2 Å². The fourth-order valence-electron chi connectivity index (χ4n) is 1.37. The van der Waals surface area contributed by atoms with Gasteiger partial charge in [0.05, 0.1) is 5.56 Å². The molecule has 0 atom stereocenters. The normalized spacial score (nSPS) is 11.6. The molecule has 2 N–H and O–H groups in total. The zero-order valence-electron chi connectivity index (χ0n) is 9.27. The fraction of sp³-hybridized carbons (Fsp3) is 0.200. The molecule has 0 fully saturated rings. The van der Waals surface area contributed by atoms with Crippen molar-refractivity contribution in [1.29, 1.82) is 0 Å². The second kappa shape index (κ2) is 4.21. The van der Waals surface area contributed by atoms with Gasteiger partial charge in [-0.3, -0.25) is 0 Å². The molecule has 0 aliphatic carbocycles. The second-order valence-corrected chi connectivity index (χ2v) is 3.47. The van der Waals surface area contributed by atoms with Crippen molar-refractivity contribution in [1.82, 2.24) is 14.8 Å². The number of ether oxygens (including phenoxy) is 1. The summed E-state index contributed by atoms with van der Waals surface area (Å²) in [5.74, 6) is -0.419. The van der Waals surface area contributed by atoms with E-state index in [1.54, 1.807) is 0 Å². The molecule has 0 aliphatic heterocycles. The number of rotatable bonds is 2. The van der Waals surface area contributed by atoms with Gasteiger partial charge in [-0.2, -0.15) is 18.2 Å². The number of nitrogens with zero attached hydrogens (tertiary/aromatic N) is 3. The smallest absolute Gasteiger partial charge is 0.419 e. The first-order valence-electron chi connectivity index (χ1n) is 4.88. The molecule has 0 spiro atoms. The Labute approximate surface area is 100.0 Å². The van der Waals surface area contributed by atoms with E-state index in [-0.39, 0.29) is 17.7 Å². The molecule has 2 aromatic rings. The van der Waals surface area contributed by atoms with Gasteiger partial charge in [0.25, 0.3) is 0 Å². The van der Waals surface area contributed by atoms with Gasteiger partial charge in [0, 0.05) is 7.05 Å². The van der Waals surface area contributed by atoms with Crippen molar-refractivity contribution in [3.8, 4) is 11.8 Å². The molecule has 18 heavy (non-hydrogen) atoms. The molecule has 1 aromatic heterocycles. The second-order valence-electron chi connectivity index (χ2n) is 3.47. The summed E-state index contributed by atoms with van der Waals surface area (Å²) >= 11 is 0. The number of halogens is 3. The van der Waals surface area contributed by atoms with Gasteiger partial charge in [-0.05, 0) is 12.1 Å². The Bertz CT molecular complexity index is 564. The van der Waals surface area contributed by atoms with Crippen molar-refractivity contribution in [2.24, 2.45) is 7.05 Å². The van der Waals surface area contributed by atoms with Crippen LogP contribution in [-0.2, 0) is 13.2 Å². The molecule has 0 aliphatic rings. The first-order valence-corrected chi connectivity index (χ1v) is 4.88. The maximum atomic E-state index is 12.7. The first kappa shape index (κ1) is 12.2. The predicted molar refractivity (Wildman–Crippen MR) is 56.9 cm³/mol. The van der Waals surface area contributed by atoms with Gasteiger partial charge in [0.2, 0.25) is 5.95 Å². The molecule has 2 rings (SSSR count). The highest BCUT2D eigenvalue weighted by molar-refractivity contribution is 5.37. The molecule has 0 saturated carbocycles. The summed E-state index contributed by atoms with van der Waals surface area (Å²) in [5, 5.41) is 3.68. The number of aromatic nitrogens is 3. The van der Waals surface area contributed by atoms with Crippen LogP contribution in [-0.4, -0.2) is 14.8 Å². The molecule has 1 aromatic carbocycles. The van der Waals surface area contributed by atoms with Crippen LogP contribution in [0, 0.1) is 0 Å². The highest BCUT2D eigenvalue weighted by Gasteiger charge is 2.34. The van der Waals surface area contributed by atoms with E-state index in [0.29, 0.717) is 0 Å². The molecule has 5 nitrogen and oxygen atoms in total. The monoisotopic (exact) mass is 258 g/mol. The summed E-state index contributed by atoms with van der Waals surface area (Å²) in [6.07, 6.45) is -4.50. The lowest BCUT2D eigenvalue weighted by atomic mass is 10.2. The van der Waals surface area contributed by atoms with Crippen LogP contribution in [0.25, 0.3) is 0 Å². The van der Waals surface area contributed by atoms with Crippen LogP contribution in [0.5, 0.6) is 11.8 Å². The number of hydrogen-bond acceptors (Lipinski definition) is 4. The first-order chi connectivity index (χ1) is 8.38. The molecule has 0 radical (unpaired) electrons. The third-order valence-corrected chi connectivity index (χ3v) is 2.13. The van der Waals surface area contributed by atoms with Crippen molar-refractivity contribution in [3.63, 3.8) is 0 Å². The van der Waals surface area contributed by atoms with Crippen molar-refractivity contribution in [2.45, 2.75) is 6.18 Å². The van der Waals surface area contributed by atoms with Crippen molar-refractivity contribution in [3.05, 3.63) is 29.8 Å². The zero-order valence-corrected chi connectivity index (χ0v) is 9.27. The lowest BCUT2D eigenvalue weighted by molar-refractivity contribution is -0.138. The molecule has 0 amide bonds. The molecule has 96 valence electrons. The van der Waals surface area contributed by atoms with E-state index in [4.69, 9.17) is 10.5 Å². The number of aryl methyl sites for hydroxylation is 1. The average Bonchev–Trinajstić information content (AvgIpc) is 2.57. The third kappa shape index (κ3) is 2.36.